The van der Waals surface area contributed by atoms with Crippen molar-refractivity contribution in [3.05, 3.63) is 42.4 Å². The van der Waals surface area contributed by atoms with Crippen molar-refractivity contribution < 1.29 is 0 Å². The molecule has 0 atom stereocenters. The maximum absolute atomic E-state index is 4.08. The van der Waals surface area contributed by atoms with E-state index in [-0.39, 0.29) is 0 Å². The molecule has 0 bridgehead atoms. The third-order valence-electron chi connectivity index (χ3n) is 2.16. The van der Waals surface area contributed by atoms with Crippen molar-refractivity contribution in [3.63, 3.8) is 0 Å². The zero-order valence-corrected chi connectivity index (χ0v) is 7.86. The van der Waals surface area contributed by atoms with Crippen LogP contribution in [0.4, 0.5) is 0 Å². The van der Waals surface area contributed by atoms with Gasteiger partial charge in [0.25, 0.3) is 0 Å². The summed E-state index contributed by atoms with van der Waals surface area (Å²) in [6.45, 7) is 2.09. The summed E-state index contributed by atoms with van der Waals surface area (Å²) in [7, 11) is 2.00. The number of hydrogen-bond acceptors (Lipinski definition) is 1. The monoisotopic (exact) mass is 172 g/mol. The number of aryl methyl sites for hydroxylation is 2. The molecule has 66 valence electrons. The first kappa shape index (κ1) is 8.05. The van der Waals surface area contributed by atoms with Gasteiger partial charge in [0.15, 0.2) is 0 Å². The normalized spacial score (nSPS) is 10.3. The van der Waals surface area contributed by atoms with Gasteiger partial charge in [0.1, 0.15) is 0 Å². The molecule has 0 N–H and O–H groups in total. The quantitative estimate of drug-likeness (QED) is 0.645. The molecule has 2 nitrogen and oxygen atoms in total. The first-order chi connectivity index (χ1) is 6.27. The summed E-state index contributed by atoms with van der Waals surface area (Å²) in [5.41, 5.74) is 3.65. The van der Waals surface area contributed by atoms with E-state index in [0.717, 1.165) is 5.69 Å². The number of benzene rings is 1. The minimum atomic E-state index is 1.15. The van der Waals surface area contributed by atoms with Crippen LogP contribution in [-0.4, -0.2) is 9.55 Å². The lowest BCUT2D eigenvalue weighted by Gasteiger charge is -2.01. The van der Waals surface area contributed by atoms with Gasteiger partial charge in [-0.25, -0.2) is 4.98 Å². The molecule has 1 aromatic heterocycles. The predicted molar refractivity (Wildman–Crippen MR) is 53.4 cm³/mol. The average Bonchev–Trinajstić information content (AvgIpc) is 2.53. The van der Waals surface area contributed by atoms with E-state index >= 15 is 0 Å². The van der Waals surface area contributed by atoms with Gasteiger partial charge in [0.05, 0.1) is 18.2 Å². The molecule has 0 fully saturated rings. The first-order valence-electron chi connectivity index (χ1n) is 4.31. The summed E-state index contributed by atoms with van der Waals surface area (Å²) >= 11 is 0. The lowest BCUT2D eigenvalue weighted by atomic mass is 10.1. The zero-order valence-electron chi connectivity index (χ0n) is 7.86. The van der Waals surface area contributed by atoms with Crippen molar-refractivity contribution in [3.8, 4) is 11.3 Å². The second-order valence-electron chi connectivity index (χ2n) is 3.26. The van der Waals surface area contributed by atoms with Crippen LogP contribution in [0.15, 0.2) is 36.8 Å². The summed E-state index contributed by atoms with van der Waals surface area (Å²) in [4.78, 5) is 4.08. The van der Waals surface area contributed by atoms with E-state index < -0.39 is 0 Å². The molecule has 0 saturated carbocycles. The Hall–Kier alpha value is -1.57. The summed E-state index contributed by atoms with van der Waals surface area (Å²) in [6.07, 6.45) is 3.69. The van der Waals surface area contributed by atoms with Gasteiger partial charge in [-0.3, -0.25) is 0 Å². The van der Waals surface area contributed by atoms with Gasteiger partial charge < -0.3 is 4.57 Å². The number of imidazole rings is 1. The van der Waals surface area contributed by atoms with Crippen LogP contribution >= 0.6 is 0 Å². The highest BCUT2D eigenvalue weighted by Crippen LogP contribution is 2.17. The molecule has 2 heteroatoms. The van der Waals surface area contributed by atoms with Crippen molar-refractivity contribution in [1.29, 1.82) is 0 Å². The van der Waals surface area contributed by atoms with Crippen molar-refractivity contribution in [1.82, 2.24) is 9.55 Å². The topological polar surface area (TPSA) is 17.8 Å². The molecule has 0 amide bonds. The highest BCUT2D eigenvalue weighted by atomic mass is 15.0. The minimum absolute atomic E-state index is 1.15. The molecule has 0 radical (unpaired) electrons. The van der Waals surface area contributed by atoms with Gasteiger partial charge in [0.2, 0.25) is 0 Å². The third kappa shape index (κ3) is 1.47. The van der Waals surface area contributed by atoms with Crippen molar-refractivity contribution in [2.45, 2.75) is 6.92 Å². The van der Waals surface area contributed by atoms with E-state index in [1.165, 1.54) is 11.1 Å². The summed E-state index contributed by atoms with van der Waals surface area (Å²) in [5.74, 6) is 0. The Morgan fingerprint density at radius 2 is 1.85 bits per heavy atom. The van der Waals surface area contributed by atoms with Crippen LogP contribution in [0, 0.1) is 6.92 Å². The second-order valence-corrected chi connectivity index (χ2v) is 3.26. The Bertz CT molecular complexity index is 398. The zero-order chi connectivity index (χ0) is 9.26. The highest BCUT2D eigenvalue weighted by molar-refractivity contribution is 5.58. The molecule has 0 spiro atoms. The maximum Gasteiger partial charge on any atom is 0.0948 e. The second kappa shape index (κ2) is 3.05. The Morgan fingerprint density at radius 3 is 2.38 bits per heavy atom. The van der Waals surface area contributed by atoms with Crippen LogP contribution in [0.5, 0.6) is 0 Å². The fraction of sp³-hybridized carbons (Fsp3) is 0.182. The van der Waals surface area contributed by atoms with Crippen LogP contribution < -0.4 is 0 Å². The fourth-order valence-corrected chi connectivity index (χ4v) is 1.36. The molecule has 0 aliphatic heterocycles. The fourth-order valence-electron chi connectivity index (χ4n) is 1.36. The van der Waals surface area contributed by atoms with Gasteiger partial charge in [-0.15, -0.1) is 0 Å². The summed E-state index contributed by atoms with van der Waals surface area (Å²) in [5, 5.41) is 0. The van der Waals surface area contributed by atoms with E-state index in [1.807, 2.05) is 24.1 Å². The molecule has 1 aromatic carbocycles. The average molecular weight is 172 g/mol. The van der Waals surface area contributed by atoms with Crippen LogP contribution in [0.1, 0.15) is 5.56 Å². The Balaban J connectivity index is 2.47. The Morgan fingerprint density at radius 1 is 1.15 bits per heavy atom. The first-order valence-corrected chi connectivity index (χ1v) is 4.31. The van der Waals surface area contributed by atoms with E-state index in [2.05, 4.69) is 36.2 Å². The van der Waals surface area contributed by atoms with Crippen LogP contribution in [0.3, 0.4) is 0 Å². The molecule has 0 unspecified atom stereocenters. The molecular weight excluding hydrogens is 160 g/mol. The maximum atomic E-state index is 4.08. The Labute approximate surface area is 77.9 Å². The third-order valence-corrected chi connectivity index (χ3v) is 2.16. The summed E-state index contributed by atoms with van der Waals surface area (Å²) < 4.78 is 2.02. The van der Waals surface area contributed by atoms with Crippen molar-refractivity contribution in [2.75, 3.05) is 0 Å². The van der Waals surface area contributed by atoms with E-state index in [4.69, 9.17) is 0 Å². The van der Waals surface area contributed by atoms with Gasteiger partial charge in [-0.05, 0) is 12.5 Å². The van der Waals surface area contributed by atoms with Gasteiger partial charge in [-0.1, -0.05) is 29.8 Å². The number of aromatic nitrogens is 2. The molecule has 2 aromatic rings. The van der Waals surface area contributed by atoms with Crippen molar-refractivity contribution >= 4 is 0 Å². The van der Waals surface area contributed by atoms with E-state index in [9.17, 15) is 0 Å². The van der Waals surface area contributed by atoms with Crippen LogP contribution in [0.2, 0.25) is 0 Å². The molecule has 2 rings (SSSR count). The highest BCUT2D eigenvalue weighted by Gasteiger charge is 2.00. The van der Waals surface area contributed by atoms with Gasteiger partial charge >= 0.3 is 0 Å². The Kier molecular flexibility index (Phi) is 1.89. The van der Waals surface area contributed by atoms with E-state index in [1.54, 1.807) is 0 Å². The minimum Gasteiger partial charge on any atom is -0.334 e. The lowest BCUT2D eigenvalue weighted by Crippen LogP contribution is -1.88. The van der Waals surface area contributed by atoms with Crippen molar-refractivity contribution in [2.24, 2.45) is 7.05 Å². The SMILES string of the molecule is Cc1ccc(-c2cncn2C)cc1. The smallest absolute Gasteiger partial charge is 0.0948 e. The number of rotatable bonds is 1. The lowest BCUT2D eigenvalue weighted by molar-refractivity contribution is 0.921. The van der Waals surface area contributed by atoms with Gasteiger partial charge in [-0.2, -0.15) is 0 Å². The number of hydrogen-bond donors (Lipinski definition) is 0. The summed E-state index contributed by atoms with van der Waals surface area (Å²) in [6, 6.07) is 8.46. The molecule has 0 aliphatic carbocycles. The van der Waals surface area contributed by atoms with Crippen LogP contribution in [-0.2, 0) is 7.05 Å². The molecular formula is C11H12N2. The van der Waals surface area contributed by atoms with Crippen LogP contribution in [0.25, 0.3) is 11.3 Å². The molecule has 0 aliphatic rings. The predicted octanol–water partition coefficient (Wildman–Crippen LogP) is 2.40. The standard InChI is InChI=1S/C11H12N2/c1-9-3-5-10(6-4-9)11-7-12-8-13(11)2/h3-8H,1-2H3. The molecule has 1 heterocycles. The largest absolute Gasteiger partial charge is 0.334 e. The van der Waals surface area contributed by atoms with E-state index in [0.29, 0.717) is 0 Å². The number of nitrogens with zero attached hydrogens (tertiary/aromatic N) is 2. The molecule has 0 saturated heterocycles. The molecule has 13 heavy (non-hydrogen) atoms. The van der Waals surface area contributed by atoms with Gasteiger partial charge in [0, 0.05) is 7.05 Å².